The number of aryl methyl sites for hydroxylation is 1. The molecule has 3 aliphatic carbocycles. The van der Waals surface area contributed by atoms with Gasteiger partial charge in [0.1, 0.15) is 11.4 Å². The molecule has 0 radical (unpaired) electrons. The van der Waals surface area contributed by atoms with E-state index in [2.05, 4.69) is 11.8 Å². The first-order valence-electron chi connectivity index (χ1n) is 10.5. The van der Waals surface area contributed by atoms with Crippen LogP contribution in [0.15, 0.2) is 16.7 Å². The first-order chi connectivity index (χ1) is 13.8. The number of piperidine rings is 1. The molecule has 3 heterocycles. The Bertz CT molecular complexity index is 1060. The number of carbonyl (C=O) groups is 2. The summed E-state index contributed by atoms with van der Waals surface area (Å²) < 4.78 is 11.0. The number of Topliss-reactive ketones (excluding diaryl/α,β-unsaturated/α-hetero) is 1. The molecule has 2 bridgehead atoms. The first-order valence-corrected chi connectivity index (χ1v) is 10.5. The summed E-state index contributed by atoms with van der Waals surface area (Å²) in [6, 6.07) is 1.84. The Morgan fingerprint density at radius 3 is 2.90 bits per heavy atom. The van der Waals surface area contributed by atoms with Crippen molar-refractivity contribution in [1.82, 2.24) is 4.90 Å². The predicted molar refractivity (Wildman–Crippen MR) is 104 cm³/mol. The van der Waals surface area contributed by atoms with Gasteiger partial charge in [0.15, 0.2) is 5.78 Å². The third-order valence-corrected chi connectivity index (χ3v) is 8.54. The van der Waals surface area contributed by atoms with Gasteiger partial charge in [0.05, 0.1) is 18.9 Å². The van der Waals surface area contributed by atoms with E-state index >= 15 is 0 Å². The average molecular weight is 395 g/mol. The van der Waals surface area contributed by atoms with Crippen LogP contribution >= 0.6 is 0 Å². The number of hydrogen-bond donors (Lipinski definition) is 1. The quantitative estimate of drug-likeness (QED) is 0.748. The molecule has 6 aliphatic rings. The number of rotatable bonds is 1. The van der Waals surface area contributed by atoms with E-state index in [1.165, 1.54) is 7.11 Å². The monoisotopic (exact) mass is 395 g/mol. The Balaban J connectivity index is 1.81. The van der Waals surface area contributed by atoms with Gasteiger partial charge in [0.2, 0.25) is 0 Å². The molecule has 6 heteroatoms. The van der Waals surface area contributed by atoms with E-state index in [1.54, 1.807) is 12.3 Å². The molecule has 2 saturated heterocycles. The summed E-state index contributed by atoms with van der Waals surface area (Å²) in [4.78, 5) is 29.3. The van der Waals surface area contributed by atoms with Gasteiger partial charge in [-0.3, -0.25) is 9.69 Å². The fourth-order valence-electron chi connectivity index (χ4n) is 7.00. The fourth-order valence-corrected chi connectivity index (χ4v) is 7.00. The van der Waals surface area contributed by atoms with E-state index in [-0.39, 0.29) is 23.2 Å². The Kier molecular flexibility index (Phi) is 3.22. The van der Waals surface area contributed by atoms with E-state index in [0.29, 0.717) is 35.6 Å². The van der Waals surface area contributed by atoms with E-state index in [4.69, 9.17) is 9.15 Å². The van der Waals surface area contributed by atoms with Gasteiger partial charge in [-0.2, -0.15) is 0 Å². The van der Waals surface area contributed by atoms with E-state index in [9.17, 15) is 14.7 Å². The number of ether oxygens (including phenoxy) is 1. The number of carbonyl (C=O) groups excluding carboxylic acids is 2. The van der Waals surface area contributed by atoms with Crippen LogP contribution in [0.2, 0.25) is 0 Å². The van der Waals surface area contributed by atoms with Crippen LogP contribution in [0.3, 0.4) is 0 Å². The maximum atomic E-state index is 13.9. The van der Waals surface area contributed by atoms with E-state index < -0.39 is 11.6 Å². The minimum absolute atomic E-state index is 0.0705. The number of nitrogens with zero attached hydrogens (tertiary/aromatic N) is 1. The SMILES string of the molecule is COC(=O)c1c2ccoc3c-2c2c1C(=O)[C@]1(O)C[C@H]4N(C[C@@H](CC3)[C@@]24C)C[C@H]1C. The molecule has 0 saturated carbocycles. The Morgan fingerprint density at radius 2 is 2.14 bits per heavy atom. The molecule has 3 aliphatic heterocycles. The third kappa shape index (κ3) is 1.82. The van der Waals surface area contributed by atoms with Crippen molar-refractivity contribution in [3.8, 4) is 11.1 Å². The summed E-state index contributed by atoms with van der Waals surface area (Å²) in [5.41, 5.74) is 1.42. The van der Waals surface area contributed by atoms with Gasteiger partial charge >= 0.3 is 5.97 Å². The lowest BCUT2D eigenvalue weighted by Crippen LogP contribution is -2.58. The van der Waals surface area contributed by atoms with Gasteiger partial charge in [-0.05, 0) is 24.0 Å². The Labute approximate surface area is 169 Å². The summed E-state index contributed by atoms with van der Waals surface area (Å²) in [6.45, 7) is 5.83. The second kappa shape index (κ2) is 5.29. The molecule has 5 atom stereocenters. The zero-order valence-corrected chi connectivity index (χ0v) is 16.9. The second-order valence-corrected chi connectivity index (χ2v) is 9.60. The van der Waals surface area contributed by atoms with Crippen molar-refractivity contribution in [1.29, 1.82) is 0 Å². The molecule has 6 rings (SSSR count). The number of aliphatic hydroxyl groups is 1. The van der Waals surface area contributed by atoms with Gasteiger partial charge in [-0.1, -0.05) is 13.8 Å². The minimum Gasteiger partial charge on any atom is -0.469 e. The molecule has 29 heavy (non-hydrogen) atoms. The largest absolute Gasteiger partial charge is 0.469 e. The molecule has 0 aromatic heterocycles. The van der Waals surface area contributed by atoms with Crippen molar-refractivity contribution in [2.75, 3.05) is 20.2 Å². The molecule has 0 aromatic rings. The van der Waals surface area contributed by atoms with Crippen molar-refractivity contribution in [2.24, 2.45) is 11.8 Å². The lowest BCUT2D eigenvalue weighted by atomic mass is 9.66. The summed E-state index contributed by atoms with van der Waals surface area (Å²) in [6.07, 6.45) is 3.76. The van der Waals surface area contributed by atoms with Gasteiger partial charge < -0.3 is 14.3 Å². The summed E-state index contributed by atoms with van der Waals surface area (Å²) in [5, 5.41) is 11.7. The van der Waals surface area contributed by atoms with Gasteiger partial charge in [0, 0.05) is 60.0 Å². The normalized spacial score (nSPS) is 37.7. The lowest BCUT2D eigenvalue weighted by Gasteiger charge is -2.46. The number of methoxy groups -OCH3 is 1. The molecular weight excluding hydrogens is 370 g/mol. The highest BCUT2D eigenvalue weighted by atomic mass is 16.5. The summed E-state index contributed by atoms with van der Waals surface area (Å²) >= 11 is 0. The average Bonchev–Trinajstić information content (AvgIpc) is 3.13. The maximum Gasteiger partial charge on any atom is 0.339 e. The second-order valence-electron chi connectivity index (χ2n) is 9.60. The summed E-state index contributed by atoms with van der Waals surface area (Å²) in [7, 11) is 1.34. The Hall–Kier alpha value is -2.18. The maximum absolute atomic E-state index is 13.9. The predicted octanol–water partition coefficient (Wildman–Crippen LogP) is 2.64. The molecule has 0 aromatic carbocycles. The molecule has 0 unspecified atom stereocenters. The molecule has 1 N–H and O–H groups in total. The molecule has 2 fully saturated rings. The topological polar surface area (TPSA) is 80.0 Å². The number of esters is 1. The Morgan fingerprint density at radius 1 is 1.34 bits per heavy atom. The molecule has 0 spiro atoms. The fraction of sp³-hybridized carbons (Fsp3) is 0.565. The third-order valence-electron chi connectivity index (χ3n) is 8.54. The van der Waals surface area contributed by atoms with Crippen molar-refractivity contribution >= 4 is 11.8 Å². The minimum atomic E-state index is -1.47. The van der Waals surface area contributed by atoms with Crippen LogP contribution in [-0.4, -0.2) is 53.6 Å². The number of fused-ring (bicyclic) bond motifs is 1. The van der Waals surface area contributed by atoms with Crippen LogP contribution in [0.1, 0.15) is 58.7 Å². The molecule has 6 nitrogen and oxygen atoms in total. The summed E-state index contributed by atoms with van der Waals surface area (Å²) in [5.74, 6) is 0.128. The number of ketones is 1. The molecule has 152 valence electrons. The highest BCUT2D eigenvalue weighted by molar-refractivity contribution is 6.18. The van der Waals surface area contributed by atoms with Crippen LogP contribution in [-0.2, 0) is 16.6 Å². The van der Waals surface area contributed by atoms with E-state index in [0.717, 1.165) is 36.3 Å². The zero-order valence-electron chi connectivity index (χ0n) is 16.9. The standard InChI is InChI=1S/C23H25NO5/c1-11-9-24-10-12-4-5-14-16-13(6-7-29-14)17(21(26)28-3)18-19(16)22(12,2)15(24)8-23(11,27)20(18)25/h6-7,11-12,15,27H,4-5,8-10H2,1-3H3/t11-,12-,15-,22-,23+/m1/s1. The van der Waals surface area contributed by atoms with Crippen LogP contribution < -0.4 is 0 Å². The van der Waals surface area contributed by atoms with Gasteiger partial charge in [0.25, 0.3) is 0 Å². The highest BCUT2D eigenvalue weighted by Crippen LogP contribution is 2.61. The van der Waals surface area contributed by atoms with Crippen LogP contribution in [0, 0.1) is 11.8 Å². The molecule has 0 amide bonds. The van der Waals surface area contributed by atoms with Crippen molar-refractivity contribution in [2.45, 2.75) is 50.2 Å². The van der Waals surface area contributed by atoms with Crippen molar-refractivity contribution in [3.05, 3.63) is 34.8 Å². The van der Waals surface area contributed by atoms with E-state index in [1.807, 2.05) is 6.92 Å². The first kappa shape index (κ1) is 17.7. The van der Waals surface area contributed by atoms with Gasteiger partial charge in [-0.25, -0.2) is 4.79 Å². The highest BCUT2D eigenvalue weighted by Gasteiger charge is 2.65. The smallest absolute Gasteiger partial charge is 0.339 e. The van der Waals surface area contributed by atoms with Crippen LogP contribution in [0.4, 0.5) is 0 Å². The zero-order chi connectivity index (χ0) is 20.3. The van der Waals surface area contributed by atoms with Crippen molar-refractivity contribution < 1.29 is 23.8 Å². The van der Waals surface area contributed by atoms with Gasteiger partial charge in [-0.15, -0.1) is 0 Å². The molecular formula is C23H25NO5. The lowest BCUT2D eigenvalue weighted by molar-refractivity contribution is -0.0581. The number of hydrogen-bond acceptors (Lipinski definition) is 6. The van der Waals surface area contributed by atoms with Crippen LogP contribution in [0.25, 0.3) is 11.1 Å². The van der Waals surface area contributed by atoms with Crippen LogP contribution in [0.5, 0.6) is 0 Å². The van der Waals surface area contributed by atoms with Crippen molar-refractivity contribution in [3.63, 3.8) is 0 Å².